The molecule has 0 aromatic carbocycles. The van der Waals surface area contributed by atoms with E-state index in [0.29, 0.717) is 6.42 Å². The van der Waals surface area contributed by atoms with E-state index >= 15 is 0 Å². The van der Waals surface area contributed by atoms with Gasteiger partial charge in [0, 0.05) is 6.54 Å². The van der Waals surface area contributed by atoms with E-state index in [-0.39, 0.29) is 6.54 Å². The topological polar surface area (TPSA) is 66.5 Å². The van der Waals surface area contributed by atoms with E-state index in [4.69, 9.17) is 0 Å². The van der Waals surface area contributed by atoms with Gasteiger partial charge in [-0.1, -0.05) is 12.8 Å². The maximum atomic E-state index is 13.1. The first-order valence-corrected chi connectivity index (χ1v) is 7.26. The lowest BCUT2D eigenvalue weighted by Crippen LogP contribution is -2.59. The van der Waals surface area contributed by atoms with E-state index < -0.39 is 24.0 Å². The SMILES string of the molecule is CSCCCCCCN1C(=O)NC(=O)C(F)C1=O. The number of barbiturate groups is 1. The number of imide groups is 2. The third kappa shape index (κ3) is 3.97. The Balaban J connectivity index is 2.30. The Labute approximate surface area is 109 Å². The zero-order valence-corrected chi connectivity index (χ0v) is 11.1. The van der Waals surface area contributed by atoms with Crippen molar-refractivity contribution in [2.24, 2.45) is 0 Å². The second-order valence-electron chi connectivity index (χ2n) is 4.05. The molecule has 1 heterocycles. The van der Waals surface area contributed by atoms with Crippen LogP contribution in [0.25, 0.3) is 0 Å². The van der Waals surface area contributed by atoms with Gasteiger partial charge in [-0.15, -0.1) is 0 Å². The molecular formula is C11H17FN2O3S. The van der Waals surface area contributed by atoms with Gasteiger partial charge in [-0.3, -0.25) is 19.8 Å². The summed E-state index contributed by atoms with van der Waals surface area (Å²) in [6, 6.07) is -0.817. The number of hydrogen-bond acceptors (Lipinski definition) is 4. The summed E-state index contributed by atoms with van der Waals surface area (Å²) in [6.07, 6.45) is 3.40. The van der Waals surface area contributed by atoms with Crippen LogP contribution in [0.2, 0.25) is 0 Å². The van der Waals surface area contributed by atoms with Gasteiger partial charge in [0.2, 0.25) is 0 Å². The van der Waals surface area contributed by atoms with E-state index in [1.807, 2.05) is 11.6 Å². The third-order valence-electron chi connectivity index (χ3n) is 2.67. The largest absolute Gasteiger partial charge is 0.330 e. The monoisotopic (exact) mass is 276 g/mol. The van der Waals surface area contributed by atoms with E-state index in [1.165, 1.54) is 0 Å². The first-order valence-electron chi connectivity index (χ1n) is 5.87. The number of rotatable bonds is 7. The number of thioether (sulfide) groups is 1. The number of carbonyl (C=O) groups is 3. The second-order valence-corrected chi connectivity index (χ2v) is 5.04. The van der Waals surface area contributed by atoms with Crippen molar-refractivity contribution in [3.05, 3.63) is 0 Å². The fourth-order valence-electron chi connectivity index (χ4n) is 1.67. The van der Waals surface area contributed by atoms with Gasteiger partial charge in [0.05, 0.1) is 0 Å². The highest BCUT2D eigenvalue weighted by atomic mass is 32.2. The summed E-state index contributed by atoms with van der Waals surface area (Å²) in [5.41, 5.74) is 0. The van der Waals surface area contributed by atoms with E-state index in [9.17, 15) is 18.8 Å². The lowest BCUT2D eigenvalue weighted by Gasteiger charge is -2.26. The lowest BCUT2D eigenvalue weighted by molar-refractivity contribution is -0.143. The normalized spacial score (nSPS) is 20.2. The highest BCUT2D eigenvalue weighted by Crippen LogP contribution is 2.10. The van der Waals surface area contributed by atoms with Gasteiger partial charge in [-0.25, -0.2) is 9.18 Å². The molecule has 0 aliphatic carbocycles. The average molecular weight is 276 g/mol. The molecule has 1 aliphatic heterocycles. The predicted octanol–water partition coefficient (Wildman–Crippen LogP) is 1.33. The molecule has 1 aliphatic rings. The Bertz CT molecular complexity index is 338. The molecule has 0 bridgehead atoms. The number of nitrogens with zero attached hydrogens (tertiary/aromatic N) is 1. The predicted molar refractivity (Wildman–Crippen MR) is 67.0 cm³/mol. The van der Waals surface area contributed by atoms with Gasteiger partial charge in [-0.2, -0.15) is 11.8 Å². The fourth-order valence-corrected chi connectivity index (χ4v) is 2.16. The Hall–Kier alpha value is -1.11. The van der Waals surface area contributed by atoms with Crippen LogP contribution in [-0.4, -0.2) is 47.5 Å². The Kier molecular flexibility index (Phi) is 6.11. The van der Waals surface area contributed by atoms with Crippen LogP contribution in [0.1, 0.15) is 25.7 Å². The number of alkyl halides is 1. The van der Waals surface area contributed by atoms with Crippen LogP contribution in [-0.2, 0) is 9.59 Å². The van der Waals surface area contributed by atoms with E-state index in [0.717, 1.165) is 29.9 Å². The van der Waals surface area contributed by atoms with Crippen LogP contribution in [0.15, 0.2) is 0 Å². The quantitative estimate of drug-likeness (QED) is 0.562. The van der Waals surface area contributed by atoms with Crippen LogP contribution in [0.4, 0.5) is 9.18 Å². The smallest absolute Gasteiger partial charge is 0.275 e. The van der Waals surface area contributed by atoms with Gasteiger partial charge < -0.3 is 0 Å². The first kappa shape index (κ1) is 14.9. The van der Waals surface area contributed by atoms with Gasteiger partial charge in [-0.05, 0) is 24.9 Å². The molecular weight excluding hydrogens is 259 g/mol. The average Bonchev–Trinajstić information content (AvgIpc) is 2.34. The summed E-state index contributed by atoms with van der Waals surface area (Å²) in [5.74, 6) is -1.13. The molecule has 1 fully saturated rings. The lowest BCUT2D eigenvalue weighted by atomic mass is 10.2. The van der Waals surface area contributed by atoms with Gasteiger partial charge in [0.1, 0.15) is 0 Å². The van der Waals surface area contributed by atoms with Crippen molar-refractivity contribution in [2.75, 3.05) is 18.6 Å². The van der Waals surface area contributed by atoms with Crippen molar-refractivity contribution >= 4 is 29.6 Å². The van der Waals surface area contributed by atoms with Crippen molar-refractivity contribution in [3.8, 4) is 0 Å². The fraction of sp³-hybridized carbons (Fsp3) is 0.727. The molecule has 0 spiro atoms. The number of unbranched alkanes of at least 4 members (excludes halogenated alkanes) is 3. The van der Waals surface area contributed by atoms with Crippen molar-refractivity contribution in [1.82, 2.24) is 10.2 Å². The van der Waals surface area contributed by atoms with Crippen LogP contribution in [0, 0.1) is 0 Å². The Morgan fingerprint density at radius 2 is 1.89 bits per heavy atom. The summed E-state index contributed by atoms with van der Waals surface area (Å²) < 4.78 is 13.1. The van der Waals surface area contributed by atoms with Gasteiger partial charge >= 0.3 is 6.03 Å². The standard InChI is InChI=1S/C11H17FN2O3S/c1-18-7-5-3-2-4-6-14-10(16)8(12)9(15)13-11(14)17/h8H,2-7H2,1H3,(H,13,15,17). The second kappa shape index (κ2) is 7.35. The molecule has 0 aromatic heterocycles. The molecule has 0 aromatic rings. The van der Waals surface area contributed by atoms with Gasteiger partial charge in [0.15, 0.2) is 0 Å². The summed E-state index contributed by atoms with van der Waals surface area (Å²) in [7, 11) is 0. The van der Waals surface area contributed by atoms with E-state index in [1.54, 1.807) is 11.8 Å². The zero-order valence-electron chi connectivity index (χ0n) is 10.3. The zero-order chi connectivity index (χ0) is 13.5. The minimum Gasteiger partial charge on any atom is -0.275 e. The van der Waals surface area contributed by atoms with Gasteiger partial charge in [0.25, 0.3) is 18.0 Å². The Morgan fingerprint density at radius 3 is 2.56 bits per heavy atom. The molecule has 0 saturated carbocycles. The molecule has 1 saturated heterocycles. The number of halogens is 1. The molecule has 18 heavy (non-hydrogen) atoms. The number of urea groups is 1. The molecule has 4 amide bonds. The summed E-state index contributed by atoms with van der Waals surface area (Å²) in [5, 5.41) is 1.82. The molecule has 1 rings (SSSR count). The van der Waals surface area contributed by atoms with Crippen LogP contribution in [0.5, 0.6) is 0 Å². The van der Waals surface area contributed by atoms with Crippen molar-refractivity contribution in [3.63, 3.8) is 0 Å². The minimum atomic E-state index is -2.25. The van der Waals surface area contributed by atoms with Crippen LogP contribution < -0.4 is 5.32 Å². The summed E-state index contributed by atoms with van der Waals surface area (Å²) >= 11 is 1.77. The Morgan fingerprint density at radius 1 is 1.22 bits per heavy atom. The maximum Gasteiger partial charge on any atom is 0.330 e. The van der Waals surface area contributed by atoms with Crippen LogP contribution >= 0.6 is 11.8 Å². The van der Waals surface area contributed by atoms with Crippen molar-refractivity contribution in [2.45, 2.75) is 31.9 Å². The number of nitrogens with one attached hydrogen (secondary N) is 1. The molecule has 1 unspecified atom stereocenters. The highest BCUT2D eigenvalue weighted by Gasteiger charge is 2.40. The molecule has 102 valence electrons. The third-order valence-corrected chi connectivity index (χ3v) is 3.37. The minimum absolute atomic E-state index is 0.164. The van der Waals surface area contributed by atoms with Crippen molar-refractivity contribution in [1.29, 1.82) is 0 Å². The van der Waals surface area contributed by atoms with E-state index in [2.05, 4.69) is 0 Å². The molecule has 5 nitrogen and oxygen atoms in total. The number of carbonyl (C=O) groups excluding carboxylic acids is 3. The molecule has 0 radical (unpaired) electrons. The summed E-state index contributed by atoms with van der Waals surface area (Å²) in [6.45, 7) is 0.164. The first-order chi connectivity index (χ1) is 8.57. The maximum absolute atomic E-state index is 13.1. The summed E-state index contributed by atoms with van der Waals surface area (Å²) in [4.78, 5) is 34.3. The molecule has 7 heteroatoms. The molecule has 1 atom stereocenters. The van der Waals surface area contributed by atoms with Crippen LogP contribution in [0.3, 0.4) is 0 Å². The molecule has 1 N–H and O–H groups in total. The number of amides is 4. The highest BCUT2D eigenvalue weighted by molar-refractivity contribution is 7.98. The van der Waals surface area contributed by atoms with Crippen molar-refractivity contribution < 1.29 is 18.8 Å². The number of hydrogen-bond donors (Lipinski definition) is 1.